The first-order valence-electron chi connectivity index (χ1n) is 5.66. The third-order valence-electron chi connectivity index (χ3n) is 2.94. The van der Waals surface area contributed by atoms with Crippen LogP contribution in [-0.4, -0.2) is 33.6 Å². The van der Waals surface area contributed by atoms with Gasteiger partial charge in [-0.05, 0) is 30.6 Å². The Morgan fingerprint density at radius 2 is 2.44 bits per heavy atom. The van der Waals surface area contributed by atoms with Gasteiger partial charge in [-0.25, -0.2) is 4.98 Å². The van der Waals surface area contributed by atoms with Crippen molar-refractivity contribution in [1.29, 1.82) is 0 Å². The number of aliphatic carboxylic acids is 1. The monoisotopic (exact) mass is 271 g/mol. The van der Waals surface area contributed by atoms with E-state index in [1.54, 1.807) is 0 Å². The van der Waals surface area contributed by atoms with Crippen molar-refractivity contribution >= 4 is 27.4 Å². The van der Waals surface area contributed by atoms with Gasteiger partial charge in [0, 0.05) is 12.6 Å². The Bertz CT molecular complexity index is 462. The molecule has 0 saturated carbocycles. The number of nitrogens with zero attached hydrogens (tertiary/aromatic N) is 3. The van der Waals surface area contributed by atoms with Crippen molar-refractivity contribution in [2.45, 2.75) is 31.7 Å². The summed E-state index contributed by atoms with van der Waals surface area (Å²) >= 11 is 1.00. The van der Waals surface area contributed by atoms with Gasteiger partial charge in [0.25, 0.3) is 0 Å². The molecule has 0 radical (unpaired) electrons. The van der Waals surface area contributed by atoms with Crippen LogP contribution in [0.2, 0.25) is 0 Å². The van der Waals surface area contributed by atoms with Gasteiger partial charge in [-0.3, -0.25) is 14.9 Å². The van der Waals surface area contributed by atoms with Crippen LogP contribution in [0.25, 0.3) is 0 Å². The van der Waals surface area contributed by atoms with Crippen LogP contribution in [0.1, 0.15) is 25.7 Å². The Labute approximate surface area is 107 Å². The maximum absolute atomic E-state index is 10.8. The summed E-state index contributed by atoms with van der Waals surface area (Å²) in [6.45, 7) is 0.711. The molecule has 8 heteroatoms. The lowest BCUT2D eigenvalue weighted by Gasteiger charge is -2.34. The van der Waals surface area contributed by atoms with E-state index in [0.29, 0.717) is 11.7 Å². The molecule has 1 aromatic heterocycles. The molecule has 98 valence electrons. The maximum Gasteiger partial charge on any atom is 0.345 e. The molecule has 18 heavy (non-hydrogen) atoms. The number of aromatic nitrogens is 1. The average Bonchev–Trinajstić information content (AvgIpc) is 2.78. The smallest absolute Gasteiger partial charge is 0.345 e. The highest BCUT2D eigenvalue weighted by Gasteiger charge is 2.28. The van der Waals surface area contributed by atoms with Crippen molar-refractivity contribution in [1.82, 2.24) is 4.98 Å². The molecule has 2 heterocycles. The number of carbonyl (C=O) groups is 1. The molecule has 1 aliphatic heterocycles. The lowest BCUT2D eigenvalue weighted by atomic mass is 10.0. The molecule has 1 aliphatic rings. The van der Waals surface area contributed by atoms with Gasteiger partial charge in [0.2, 0.25) is 0 Å². The van der Waals surface area contributed by atoms with Crippen LogP contribution in [0.4, 0.5) is 10.1 Å². The summed E-state index contributed by atoms with van der Waals surface area (Å²) in [4.78, 5) is 26.9. The highest BCUT2D eigenvalue weighted by molar-refractivity contribution is 7.18. The van der Waals surface area contributed by atoms with Gasteiger partial charge >= 0.3 is 11.0 Å². The van der Waals surface area contributed by atoms with E-state index >= 15 is 0 Å². The van der Waals surface area contributed by atoms with E-state index in [-0.39, 0.29) is 17.5 Å². The number of piperidine rings is 1. The second kappa shape index (κ2) is 5.30. The molecule has 0 spiro atoms. The number of hydrogen-bond acceptors (Lipinski definition) is 6. The topological polar surface area (TPSA) is 96.6 Å². The molecule has 1 N–H and O–H groups in total. The summed E-state index contributed by atoms with van der Waals surface area (Å²) in [7, 11) is 0. The van der Waals surface area contributed by atoms with Crippen molar-refractivity contribution < 1.29 is 14.8 Å². The van der Waals surface area contributed by atoms with E-state index in [0.717, 1.165) is 30.6 Å². The summed E-state index contributed by atoms with van der Waals surface area (Å²) in [5, 5.41) is 20.0. The number of carboxylic acids is 1. The molecule has 2 rings (SSSR count). The Hall–Kier alpha value is -1.70. The van der Waals surface area contributed by atoms with Crippen LogP contribution in [0, 0.1) is 10.1 Å². The molecule has 0 amide bonds. The van der Waals surface area contributed by atoms with Gasteiger partial charge in [0.15, 0.2) is 5.13 Å². The minimum Gasteiger partial charge on any atom is -0.481 e. The molecule has 1 aromatic rings. The number of nitro groups is 1. The lowest BCUT2D eigenvalue weighted by molar-refractivity contribution is -0.380. The fourth-order valence-corrected chi connectivity index (χ4v) is 2.97. The summed E-state index contributed by atoms with van der Waals surface area (Å²) in [6, 6.07) is -0.109. The standard InChI is InChI=1S/C10H13N3O4S/c14-9(15)5-7-3-1-2-4-12(7)10-11-6-8(18-10)13(16)17/h6-7H,1-5H2,(H,14,15). The van der Waals surface area contributed by atoms with Crippen LogP contribution in [0.3, 0.4) is 0 Å². The third kappa shape index (κ3) is 2.76. The van der Waals surface area contributed by atoms with E-state index in [1.165, 1.54) is 6.20 Å². The maximum atomic E-state index is 10.8. The molecule has 0 aliphatic carbocycles. The number of carboxylic acid groups (broad SMARTS) is 1. The second-order valence-electron chi connectivity index (χ2n) is 4.18. The molecule has 0 aromatic carbocycles. The van der Waals surface area contributed by atoms with Gasteiger partial charge in [-0.2, -0.15) is 0 Å². The van der Waals surface area contributed by atoms with Crippen LogP contribution in [0.15, 0.2) is 6.20 Å². The Morgan fingerprint density at radius 1 is 1.67 bits per heavy atom. The Kier molecular flexibility index (Phi) is 3.75. The first kappa shape index (κ1) is 12.7. The zero-order valence-corrected chi connectivity index (χ0v) is 10.4. The number of anilines is 1. The van der Waals surface area contributed by atoms with E-state index < -0.39 is 10.9 Å². The van der Waals surface area contributed by atoms with E-state index in [4.69, 9.17) is 5.11 Å². The average molecular weight is 271 g/mol. The quantitative estimate of drug-likeness (QED) is 0.663. The van der Waals surface area contributed by atoms with Crippen LogP contribution >= 0.6 is 11.3 Å². The second-order valence-corrected chi connectivity index (χ2v) is 5.17. The van der Waals surface area contributed by atoms with Crippen LogP contribution < -0.4 is 4.90 Å². The summed E-state index contributed by atoms with van der Waals surface area (Å²) in [5.74, 6) is -0.849. The van der Waals surface area contributed by atoms with E-state index in [9.17, 15) is 14.9 Å². The van der Waals surface area contributed by atoms with Crippen molar-refractivity contribution in [3.63, 3.8) is 0 Å². The Balaban J connectivity index is 2.16. The van der Waals surface area contributed by atoms with Gasteiger partial charge in [-0.1, -0.05) is 0 Å². The molecule has 0 bridgehead atoms. The summed E-state index contributed by atoms with van der Waals surface area (Å²) in [5.41, 5.74) is 0. The Morgan fingerprint density at radius 3 is 3.06 bits per heavy atom. The SMILES string of the molecule is O=C(O)CC1CCCCN1c1ncc([N+](=O)[O-])s1. The predicted molar refractivity (Wildman–Crippen MR) is 66.0 cm³/mol. The van der Waals surface area contributed by atoms with Crippen molar-refractivity contribution in [3.8, 4) is 0 Å². The van der Waals surface area contributed by atoms with E-state index in [2.05, 4.69) is 4.98 Å². The fraction of sp³-hybridized carbons (Fsp3) is 0.600. The van der Waals surface area contributed by atoms with Crippen LogP contribution in [0.5, 0.6) is 0 Å². The van der Waals surface area contributed by atoms with Crippen LogP contribution in [-0.2, 0) is 4.79 Å². The first-order valence-corrected chi connectivity index (χ1v) is 6.48. The number of rotatable bonds is 4. The minimum absolute atomic E-state index is 0.00958. The predicted octanol–water partition coefficient (Wildman–Crippen LogP) is 1.88. The molecular weight excluding hydrogens is 258 g/mol. The highest BCUT2D eigenvalue weighted by atomic mass is 32.1. The van der Waals surface area contributed by atoms with Crippen molar-refractivity contribution in [2.24, 2.45) is 0 Å². The molecule has 1 saturated heterocycles. The first-order chi connectivity index (χ1) is 8.58. The van der Waals surface area contributed by atoms with Gasteiger partial charge < -0.3 is 10.0 Å². The zero-order valence-electron chi connectivity index (χ0n) is 9.61. The highest BCUT2D eigenvalue weighted by Crippen LogP contribution is 2.33. The molecule has 1 atom stereocenters. The molecule has 1 fully saturated rings. The zero-order chi connectivity index (χ0) is 13.1. The third-order valence-corrected chi connectivity index (χ3v) is 3.93. The molecular formula is C10H13N3O4S. The summed E-state index contributed by atoms with van der Waals surface area (Å²) in [6.07, 6.45) is 4.02. The van der Waals surface area contributed by atoms with Crippen molar-refractivity contribution in [3.05, 3.63) is 16.3 Å². The van der Waals surface area contributed by atoms with E-state index in [1.807, 2.05) is 4.90 Å². The molecule has 7 nitrogen and oxygen atoms in total. The minimum atomic E-state index is -0.849. The van der Waals surface area contributed by atoms with Gasteiger partial charge in [-0.15, -0.1) is 0 Å². The van der Waals surface area contributed by atoms with Crippen molar-refractivity contribution in [2.75, 3.05) is 11.4 Å². The largest absolute Gasteiger partial charge is 0.481 e. The number of thiazole rings is 1. The normalized spacial score (nSPS) is 19.8. The van der Waals surface area contributed by atoms with Gasteiger partial charge in [0.05, 0.1) is 11.3 Å². The number of hydrogen-bond donors (Lipinski definition) is 1. The van der Waals surface area contributed by atoms with Gasteiger partial charge in [0.1, 0.15) is 6.20 Å². The fourth-order valence-electron chi connectivity index (χ4n) is 2.14. The lowest BCUT2D eigenvalue weighted by Crippen LogP contribution is -2.40. The molecule has 1 unspecified atom stereocenters. The summed E-state index contributed by atoms with van der Waals surface area (Å²) < 4.78 is 0.